The van der Waals surface area contributed by atoms with Gasteiger partial charge in [-0.1, -0.05) is 6.92 Å². The molecule has 1 atom stereocenters. The molecule has 1 aromatic heterocycles. The Kier molecular flexibility index (Phi) is 9.83. The minimum absolute atomic E-state index is 0. The van der Waals surface area contributed by atoms with Crippen molar-refractivity contribution in [2.75, 3.05) is 42.9 Å². The molecule has 1 aromatic rings. The van der Waals surface area contributed by atoms with Crippen molar-refractivity contribution in [3.8, 4) is 0 Å². The van der Waals surface area contributed by atoms with E-state index in [9.17, 15) is 9.59 Å². The number of piperazine rings is 1. The number of hydrogen-bond donors (Lipinski definition) is 3. The van der Waals surface area contributed by atoms with E-state index in [1.54, 1.807) is 6.20 Å². The molecule has 1 unspecified atom stereocenters. The van der Waals surface area contributed by atoms with E-state index < -0.39 is 0 Å². The Morgan fingerprint density at radius 2 is 2.04 bits per heavy atom. The van der Waals surface area contributed by atoms with E-state index in [2.05, 4.69) is 27.9 Å². The van der Waals surface area contributed by atoms with E-state index in [1.165, 1.54) is 0 Å². The predicted octanol–water partition coefficient (Wildman–Crippen LogP) is 1.83. The standard InChI is InChI=1S/C18H27N5O2.2ClH/c1-13(14-4-6-19-7-5-14)10-17(24)22-15-2-3-16(21-11-15)23-9-8-20-18(25)12-23;;/h2-3,11,13-14,19H,4-10,12H2,1H3,(H,20,25)(H,22,24);2*1H. The lowest BCUT2D eigenvalue weighted by molar-refractivity contribution is -0.120. The number of hydrogen-bond acceptors (Lipinski definition) is 5. The number of halogens is 2. The topological polar surface area (TPSA) is 86.4 Å². The third-order valence-corrected chi connectivity index (χ3v) is 5.09. The summed E-state index contributed by atoms with van der Waals surface area (Å²) in [5.41, 5.74) is 0.702. The van der Waals surface area contributed by atoms with Crippen molar-refractivity contribution < 1.29 is 9.59 Å². The lowest BCUT2D eigenvalue weighted by atomic mass is 9.84. The fraction of sp³-hybridized carbons (Fsp3) is 0.611. The Labute approximate surface area is 172 Å². The first-order chi connectivity index (χ1) is 12.1. The second-order valence-electron chi connectivity index (χ2n) is 6.99. The van der Waals surface area contributed by atoms with Gasteiger partial charge in [-0.15, -0.1) is 24.8 Å². The van der Waals surface area contributed by atoms with Crippen LogP contribution in [0.4, 0.5) is 11.5 Å². The molecule has 0 aromatic carbocycles. The molecule has 27 heavy (non-hydrogen) atoms. The fourth-order valence-electron chi connectivity index (χ4n) is 3.57. The van der Waals surface area contributed by atoms with Gasteiger partial charge in [0.2, 0.25) is 11.8 Å². The molecular formula is C18H29Cl2N5O2. The number of piperidine rings is 1. The highest BCUT2D eigenvalue weighted by molar-refractivity contribution is 5.90. The van der Waals surface area contributed by atoms with Gasteiger partial charge in [0.1, 0.15) is 5.82 Å². The number of anilines is 2. The highest BCUT2D eigenvalue weighted by Crippen LogP contribution is 2.24. The number of carbonyl (C=O) groups is 2. The summed E-state index contributed by atoms with van der Waals surface area (Å²) in [6.45, 7) is 5.98. The molecule has 0 bridgehead atoms. The van der Waals surface area contributed by atoms with Crippen molar-refractivity contribution in [1.29, 1.82) is 0 Å². The molecule has 2 aliphatic rings. The normalized spacial score (nSPS) is 18.6. The number of nitrogens with zero attached hydrogens (tertiary/aromatic N) is 2. The van der Waals surface area contributed by atoms with Gasteiger partial charge in [0.05, 0.1) is 18.4 Å². The van der Waals surface area contributed by atoms with Crippen LogP contribution in [0.3, 0.4) is 0 Å². The second kappa shape index (κ2) is 11.3. The Hall–Kier alpha value is -1.57. The molecule has 3 rings (SSSR count). The van der Waals surface area contributed by atoms with E-state index in [1.807, 2.05) is 17.0 Å². The molecular weight excluding hydrogens is 389 g/mol. The van der Waals surface area contributed by atoms with Gasteiger partial charge in [-0.05, 0) is 49.9 Å². The number of aromatic nitrogens is 1. The minimum atomic E-state index is 0. The van der Waals surface area contributed by atoms with Crippen molar-refractivity contribution in [2.24, 2.45) is 11.8 Å². The predicted molar refractivity (Wildman–Crippen MR) is 112 cm³/mol. The summed E-state index contributed by atoms with van der Waals surface area (Å²) in [6.07, 6.45) is 4.50. The first-order valence-electron chi connectivity index (χ1n) is 9.10. The van der Waals surface area contributed by atoms with Crippen molar-refractivity contribution in [3.63, 3.8) is 0 Å². The maximum absolute atomic E-state index is 12.3. The third kappa shape index (κ3) is 6.83. The fourth-order valence-corrected chi connectivity index (χ4v) is 3.57. The molecule has 0 radical (unpaired) electrons. The molecule has 3 N–H and O–H groups in total. The summed E-state index contributed by atoms with van der Waals surface area (Å²) < 4.78 is 0. The Morgan fingerprint density at radius 3 is 2.67 bits per heavy atom. The van der Waals surface area contributed by atoms with Crippen molar-refractivity contribution in [3.05, 3.63) is 18.3 Å². The quantitative estimate of drug-likeness (QED) is 0.679. The molecule has 2 amide bonds. The first-order valence-corrected chi connectivity index (χ1v) is 9.10. The Balaban J connectivity index is 0.00000182. The molecule has 0 spiro atoms. The zero-order chi connectivity index (χ0) is 17.6. The number of amides is 2. The average molecular weight is 418 g/mol. The van der Waals surface area contributed by atoms with Crippen LogP contribution in [0.15, 0.2) is 18.3 Å². The van der Waals surface area contributed by atoms with Gasteiger partial charge in [0, 0.05) is 19.5 Å². The monoisotopic (exact) mass is 417 g/mol. The van der Waals surface area contributed by atoms with Gasteiger partial charge < -0.3 is 20.9 Å². The summed E-state index contributed by atoms with van der Waals surface area (Å²) in [5.74, 6) is 1.82. The Morgan fingerprint density at radius 1 is 1.30 bits per heavy atom. The van der Waals surface area contributed by atoms with E-state index in [0.717, 1.165) is 38.3 Å². The summed E-state index contributed by atoms with van der Waals surface area (Å²) in [7, 11) is 0. The molecule has 2 saturated heterocycles. The average Bonchev–Trinajstić information content (AvgIpc) is 2.63. The molecule has 3 heterocycles. The van der Waals surface area contributed by atoms with Crippen LogP contribution >= 0.6 is 24.8 Å². The minimum Gasteiger partial charge on any atom is -0.353 e. The lowest BCUT2D eigenvalue weighted by Gasteiger charge is -2.28. The van der Waals surface area contributed by atoms with Gasteiger partial charge in [-0.2, -0.15) is 0 Å². The molecule has 2 aliphatic heterocycles. The summed E-state index contributed by atoms with van der Waals surface area (Å²) in [5, 5.41) is 9.09. The van der Waals surface area contributed by atoms with Crippen molar-refractivity contribution in [1.82, 2.24) is 15.6 Å². The molecule has 7 nitrogen and oxygen atoms in total. The zero-order valence-corrected chi connectivity index (χ0v) is 17.2. The molecule has 2 fully saturated rings. The van der Waals surface area contributed by atoms with Crippen LogP contribution < -0.4 is 20.9 Å². The first kappa shape index (κ1) is 23.5. The van der Waals surface area contributed by atoms with Crippen LogP contribution in [-0.4, -0.2) is 49.5 Å². The molecule has 9 heteroatoms. The zero-order valence-electron chi connectivity index (χ0n) is 15.6. The highest BCUT2D eigenvalue weighted by Gasteiger charge is 2.22. The SMILES string of the molecule is CC(CC(=O)Nc1ccc(N2CCNC(=O)C2)nc1)C1CCNCC1.Cl.Cl. The van der Waals surface area contributed by atoms with Gasteiger partial charge in [0.15, 0.2) is 0 Å². The van der Waals surface area contributed by atoms with Crippen LogP contribution in [0.2, 0.25) is 0 Å². The van der Waals surface area contributed by atoms with Crippen LogP contribution in [0.5, 0.6) is 0 Å². The van der Waals surface area contributed by atoms with Crippen molar-refractivity contribution >= 4 is 48.1 Å². The number of nitrogens with one attached hydrogen (secondary N) is 3. The van der Waals surface area contributed by atoms with E-state index in [-0.39, 0.29) is 36.6 Å². The van der Waals surface area contributed by atoms with Gasteiger partial charge in [-0.3, -0.25) is 9.59 Å². The Bertz CT molecular complexity index is 608. The van der Waals surface area contributed by atoms with Gasteiger partial charge >= 0.3 is 0 Å². The van der Waals surface area contributed by atoms with Gasteiger partial charge in [0.25, 0.3) is 0 Å². The summed E-state index contributed by atoms with van der Waals surface area (Å²) in [6, 6.07) is 3.70. The summed E-state index contributed by atoms with van der Waals surface area (Å²) >= 11 is 0. The number of carbonyl (C=O) groups excluding carboxylic acids is 2. The number of rotatable bonds is 5. The summed E-state index contributed by atoms with van der Waals surface area (Å²) in [4.78, 5) is 30.0. The maximum Gasteiger partial charge on any atom is 0.239 e. The molecule has 152 valence electrons. The number of pyridine rings is 1. The van der Waals surface area contributed by atoms with Crippen LogP contribution in [0.25, 0.3) is 0 Å². The third-order valence-electron chi connectivity index (χ3n) is 5.09. The highest BCUT2D eigenvalue weighted by atomic mass is 35.5. The maximum atomic E-state index is 12.3. The van der Waals surface area contributed by atoms with Crippen LogP contribution in [-0.2, 0) is 9.59 Å². The lowest BCUT2D eigenvalue weighted by Crippen LogP contribution is -2.48. The molecule has 0 saturated carbocycles. The largest absolute Gasteiger partial charge is 0.353 e. The van der Waals surface area contributed by atoms with Crippen molar-refractivity contribution in [2.45, 2.75) is 26.2 Å². The van der Waals surface area contributed by atoms with Crippen LogP contribution in [0.1, 0.15) is 26.2 Å². The molecule has 0 aliphatic carbocycles. The van der Waals surface area contributed by atoms with E-state index in [4.69, 9.17) is 0 Å². The van der Waals surface area contributed by atoms with E-state index >= 15 is 0 Å². The van der Waals surface area contributed by atoms with Gasteiger partial charge in [-0.25, -0.2) is 4.98 Å². The second-order valence-corrected chi connectivity index (χ2v) is 6.99. The van der Waals surface area contributed by atoms with Crippen LogP contribution in [0, 0.1) is 11.8 Å². The smallest absolute Gasteiger partial charge is 0.239 e. The van der Waals surface area contributed by atoms with E-state index in [0.29, 0.717) is 37.0 Å².